The predicted octanol–water partition coefficient (Wildman–Crippen LogP) is 4.57. The number of ether oxygens (including phenoxy) is 3. The molecule has 0 bridgehead atoms. The molecule has 8 nitrogen and oxygen atoms in total. The van der Waals surface area contributed by atoms with Crippen LogP contribution in [0.2, 0.25) is 0 Å². The molecule has 0 saturated heterocycles. The van der Waals surface area contributed by atoms with Gasteiger partial charge in [-0.25, -0.2) is 13.2 Å². The number of nitrogens with one attached hydrogen (secondary N) is 1. The van der Waals surface area contributed by atoms with E-state index in [1.165, 1.54) is 0 Å². The monoisotopic (exact) mass is 596 g/mol. The van der Waals surface area contributed by atoms with Gasteiger partial charge in [-0.1, -0.05) is 74.5 Å². The van der Waals surface area contributed by atoms with Gasteiger partial charge >= 0.3 is 5.97 Å². The quantitative estimate of drug-likeness (QED) is 0.205. The van der Waals surface area contributed by atoms with Crippen LogP contribution in [0.5, 0.6) is 11.5 Å². The number of sulfone groups is 1. The molecule has 0 radical (unpaired) electrons. The van der Waals surface area contributed by atoms with Crippen molar-refractivity contribution in [1.82, 2.24) is 5.32 Å². The molecule has 3 aromatic carbocycles. The van der Waals surface area contributed by atoms with Gasteiger partial charge in [0.15, 0.2) is 6.10 Å². The minimum atomic E-state index is -3.37. The third kappa shape index (κ3) is 11.8. The first-order valence-corrected chi connectivity index (χ1v) is 16.2. The standard InChI is InChI=1S/C33H44N2O6S/c1-25(2)17-19-42(37,38)20-18-31(40-28-14-8-5-9-15-28)33(36)41-32(30(34)22-26-11-6-4-7-12-26)24-35-23-27-13-10-16-29(21-27)39-3/h4-16,21,25,30-32,35H,17-20,22-24,34H2,1-3H3/t30?,31-,32?/m0/s1. The van der Waals surface area contributed by atoms with E-state index in [4.69, 9.17) is 19.9 Å². The fraction of sp³-hybridized carbons (Fsp3) is 0.424. The summed E-state index contributed by atoms with van der Waals surface area (Å²) in [5.74, 6) is 0.715. The normalized spacial score (nSPS) is 13.7. The Morgan fingerprint density at radius 2 is 1.48 bits per heavy atom. The molecular formula is C33H44N2O6S. The Kier molecular flexibility index (Phi) is 13.3. The van der Waals surface area contributed by atoms with E-state index in [0.29, 0.717) is 31.7 Å². The maximum atomic E-state index is 13.6. The number of methoxy groups -OCH3 is 1. The third-order valence-electron chi connectivity index (χ3n) is 6.85. The highest BCUT2D eigenvalue weighted by Gasteiger charge is 2.30. The Morgan fingerprint density at radius 1 is 0.857 bits per heavy atom. The molecule has 2 unspecified atom stereocenters. The van der Waals surface area contributed by atoms with Gasteiger partial charge < -0.3 is 25.3 Å². The first-order valence-electron chi connectivity index (χ1n) is 14.4. The molecule has 3 atom stereocenters. The highest BCUT2D eigenvalue weighted by molar-refractivity contribution is 7.91. The molecule has 0 aromatic heterocycles. The van der Waals surface area contributed by atoms with Gasteiger partial charge in [-0.15, -0.1) is 0 Å². The summed E-state index contributed by atoms with van der Waals surface area (Å²) in [7, 11) is -1.75. The first kappa shape index (κ1) is 33.1. The molecule has 3 N–H and O–H groups in total. The van der Waals surface area contributed by atoms with E-state index in [-0.39, 0.29) is 23.8 Å². The van der Waals surface area contributed by atoms with Crippen molar-refractivity contribution in [2.45, 2.75) is 57.9 Å². The molecule has 228 valence electrons. The number of nitrogens with two attached hydrogens (primary N) is 1. The number of rotatable bonds is 18. The molecule has 3 rings (SSSR count). The topological polar surface area (TPSA) is 117 Å². The maximum Gasteiger partial charge on any atom is 0.347 e. The molecule has 0 aliphatic heterocycles. The molecular weight excluding hydrogens is 552 g/mol. The largest absolute Gasteiger partial charge is 0.497 e. The zero-order valence-corrected chi connectivity index (χ0v) is 25.6. The highest BCUT2D eigenvalue weighted by Crippen LogP contribution is 2.17. The Hall–Kier alpha value is -3.40. The van der Waals surface area contributed by atoms with E-state index in [1.54, 1.807) is 31.4 Å². The van der Waals surface area contributed by atoms with Crippen LogP contribution in [0.1, 0.15) is 37.8 Å². The van der Waals surface area contributed by atoms with Crippen LogP contribution >= 0.6 is 0 Å². The zero-order chi connectivity index (χ0) is 30.4. The summed E-state index contributed by atoms with van der Waals surface area (Å²) in [5, 5.41) is 3.35. The second-order valence-corrected chi connectivity index (χ2v) is 13.2. The van der Waals surface area contributed by atoms with E-state index < -0.39 is 34.1 Å². The number of benzene rings is 3. The summed E-state index contributed by atoms with van der Waals surface area (Å²) in [4.78, 5) is 13.6. The van der Waals surface area contributed by atoms with Gasteiger partial charge in [0.25, 0.3) is 0 Å². The van der Waals surface area contributed by atoms with E-state index in [1.807, 2.05) is 74.5 Å². The van der Waals surface area contributed by atoms with E-state index in [2.05, 4.69) is 5.32 Å². The lowest BCUT2D eigenvalue weighted by atomic mass is 10.0. The fourth-order valence-electron chi connectivity index (χ4n) is 4.36. The number of carbonyl (C=O) groups is 1. The van der Waals surface area contributed by atoms with Gasteiger partial charge in [-0.3, -0.25) is 0 Å². The Balaban J connectivity index is 1.74. The lowest BCUT2D eigenvalue weighted by Crippen LogP contribution is -2.48. The van der Waals surface area contributed by atoms with Crippen molar-refractivity contribution in [2.75, 3.05) is 25.2 Å². The lowest BCUT2D eigenvalue weighted by molar-refractivity contribution is -0.158. The number of hydrogen-bond acceptors (Lipinski definition) is 8. The fourth-order valence-corrected chi connectivity index (χ4v) is 5.96. The number of carbonyl (C=O) groups excluding carboxylic acids is 1. The number of hydrogen-bond donors (Lipinski definition) is 2. The van der Waals surface area contributed by atoms with Crippen molar-refractivity contribution in [3.8, 4) is 11.5 Å². The van der Waals surface area contributed by atoms with Crippen LogP contribution < -0.4 is 20.5 Å². The number of esters is 1. The summed E-state index contributed by atoms with van der Waals surface area (Å²) in [6, 6.07) is 25.8. The molecule has 0 fully saturated rings. The van der Waals surface area contributed by atoms with Gasteiger partial charge in [-0.05, 0) is 54.2 Å². The van der Waals surface area contributed by atoms with Crippen LogP contribution in [0.25, 0.3) is 0 Å². The highest BCUT2D eigenvalue weighted by atomic mass is 32.2. The predicted molar refractivity (Wildman–Crippen MR) is 166 cm³/mol. The molecule has 42 heavy (non-hydrogen) atoms. The Morgan fingerprint density at radius 3 is 2.14 bits per heavy atom. The van der Waals surface area contributed by atoms with Gasteiger partial charge in [0.2, 0.25) is 0 Å². The minimum Gasteiger partial charge on any atom is -0.497 e. The van der Waals surface area contributed by atoms with Crippen molar-refractivity contribution in [1.29, 1.82) is 0 Å². The van der Waals surface area contributed by atoms with Gasteiger partial charge in [0.1, 0.15) is 27.4 Å². The van der Waals surface area contributed by atoms with Gasteiger partial charge in [-0.2, -0.15) is 0 Å². The molecule has 0 aliphatic rings. The average molecular weight is 597 g/mol. The van der Waals surface area contributed by atoms with Crippen LogP contribution in [-0.4, -0.2) is 57.8 Å². The lowest BCUT2D eigenvalue weighted by Gasteiger charge is -2.27. The van der Waals surface area contributed by atoms with Crippen LogP contribution in [0.4, 0.5) is 0 Å². The number of para-hydroxylation sites is 1. The molecule has 3 aromatic rings. The van der Waals surface area contributed by atoms with E-state index in [9.17, 15) is 13.2 Å². The van der Waals surface area contributed by atoms with Crippen LogP contribution in [0.3, 0.4) is 0 Å². The van der Waals surface area contributed by atoms with Crippen LogP contribution in [0, 0.1) is 5.92 Å². The van der Waals surface area contributed by atoms with Gasteiger partial charge in [0, 0.05) is 25.6 Å². The van der Waals surface area contributed by atoms with Crippen molar-refractivity contribution >= 4 is 15.8 Å². The molecule has 0 heterocycles. The van der Waals surface area contributed by atoms with Crippen LogP contribution in [0.15, 0.2) is 84.9 Å². The third-order valence-corrected chi connectivity index (χ3v) is 8.57. The Bertz CT molecular complexity index is 1320. The minimum absolute atomic E-state index is 0.0218. The summed E-state index contributed by atoms with van der Waals surface area (Å²) < 4.78 is 42.7. The van der Waals surface area contributed by atoms with E-state index in [0.717, 1.165) is 16.9 Å². The smallest absolute Gasteiger partial charge is 0.347 e. The average Bonchev–Trinajstić information content (AvgIpc) is 2.99. The summed E-state index contributed by atoms with van der Waals surface area (Å²) in [5.41, 5.74) is 8.64. The molecule has 0 amide bonds. The second kappa shape index (κ2) is 16.9. The first-order chi connectivity index (χ1) is 20.1. The van der Waals surface area contributed by atoms with E-state index >= 15 is 0 Å². The summed E-state index contributed by atoms with van der Waals surface area (Å²) in [6.07, 6.45) is -0.764. The summed E-state index contributed by atoms with van der Waals surface area (Å²) in [6.45, 7) is 4.77. The maximum absolute atomic E-state index is 13.6. The molecule has 0 spiro atoms. The molecule has 9 heteroatoms. The van der Waals surface area contributed by atoms with Crippen molar-refractivity contribution < 1.29 is 27.4 Å². The molecule has 0 aliphatic carbocycles. The van der Waals surface area contributed by atoms with Crippen molar-refractivity contribution in [3.05, 3.63) is 96.1 Å². The SMILES string of the molecule is COc1cccc(CNCC(OC(=O)[C@H](CCS(=O)(=O)CCC(C)C)Oc2ccccc2)C(N)Cc2ccccc2)c1. The van der Waals surface area contributed by atoms with Crippen molar-refractivity contribution in [3.63, 3.8) is 0 Å². The molecule has 0 saturated carbocycles. The van der Waals surface area contributed by atoms with Crippen molar-refractivity contribution in [2.24, 2.45) is 11.7 Å². The Labute approximate surface area is 250 Å². The zero-order valence-electron chi connectivity index (χ0n) is 24.8. The summed E-state index contributed by atoms with van der Waals surface area (Å²) >= 11 is 0. The van der Waals surface area contributed by atoms with Crippen LogP contribution in [-0.2, 0) is 32.3 Å². The second-order valence-electron chi connectivity index (χ2n) is 10.9. The van der Waals surface area contributed by atoms with Gasteiger partial charge in [0.05, 0.1) is 18.6 Å².